The van der Waals surface area contributed by atoms with Crippen LogP contribution in [0.2, 0.25) is 0 Å². The van der Waals surface area contributed by atoms with Crippen molar-refractivity contribution in [3.63, 3.8) is 0 Å². The second-order valence-corrected chi connectivity index (χ2v) is 15.2. The zero-order valence-electron chi connectivity index (χ0n) is 29.8. The number of anilines is 2. The van der Waals surface area contributed by atoms with E-state index in [-0.39, 0.29) is 17.4 Å². The molecule has 0 spiro atoms. The van der Waals surface area contributed by atoms with E-state index in [4.69, 9.17) is 14.4 Å². The van der Waals surface area contributed by atoms with Gasteiger partial charge in [-0.3, -0.25) is 0 Å². The first kappa shape index (κ1) is 30.4. The first-order valence-electron chi connectivity index (χ1n) is 18.7. The van der Waals surface area contributed by atoms with Gasteiger partial charge in [0, 0.05) is 56.6 Å². The van der Waals surface area contributed by atoms with Crippen molar-refractivity contribution in [3.8, 4) is 33.8 Å². The summed E-state index contributed by atoms with van der Waals surface area (Å²) in [6.07, 6.45) is 13.1. The molecule has 4 aliphatic rings. The molecule has 7 aromatic rings. The third-order valence-electron chi connectivity index (χ3n) is 11.9. The van der Waals surface area contributed by atoms with Crippen molar-refractivity contribution < 1.29 is 4.42 Å². The summed E-state index contributed by atoms with van der Waals surface area (Å²) in [7, 11) is 0. The highest BCUT2D eigenvalue weighted by Gasteiger charge is 2.43. The number of allylic oxidation sites excluding steroid dienone is 3. The maximum Gasteiger partial charge on any atom is 0.160 e. The van der Waals surface area contributed by atoms with Crippen molar-refractivity contribution in [1.29, 1.82) is 0 Å². The number of nitrogens with zero attached hydrogens (tertiary/aromatic N) is 3. The van der Waals surface area contributed by atoms with E-state index in [1.54, 1.807) is 0 Å². The van der Waals surface area contributed by atoms with Gasteiger partial charge in [-0.15, -0.1) is 0 Å². The van der Waals surface area contributed by atoms with E-state index in [2.05, 4.69) is 152 Å². The first-order valence-corrected chi connectivity index (χ1v) is 18.7. The van der Waals surface area contributed by atoms with Crippen LogP contribution in [0, 0.1) is 0 Å². The van der Waals surface area contributed by atoms with E-state index >= 15 is 0 Å². The second kappa shape index (κ2) is 11.4. The van der Waals surface area contributed by atoms with E-state index in [9.17, 15) is 0 Å². The van der Waals surface area contributed by atoms with Gasteiger partial charge in [0.15, 0.2) is 5.82 Å². The maximum atomic E-state index is 6.35. The number of hydrogen-bond acceptors (Lipinski definition) is 4. The van der Waals surface area contributed by atoms with Crippen LogP contribution in [-0.4, -0.2) is 16.0 Å². The summed E-state index contributed by atoms with van der Waals surface area (Å²) in [6, 6.07) is 43.8. The maximum absolute atomic E-state index is 6.35. The third kappa shape index (κ3) is 4.55. The van der Waals surface area contributed by atoms with Crippen LogP contribution in [-0.2, 0) is 11.8 Å². The van der Waals surface area contributed by atoms with Crippen LogP contribution in [0.4, 0.5) is 11.4 Å². The molecule has 0 fully saturated rings. The molecule has 53 heavy (non-hydrogen) atoms. The fourth-order valence-corrected chi connectivity index (χ4v) is 9.30. The Morgan fingerprint density at radius 2 is 1.57 bits per heavy atom. The smallest absolute Gasteiger partial charge is 0.160 e. The largest absolute Gasteiger partial charge is 0.460 e. The van der Waals surface area contributed by atoms with Gasteiger partial charge in [0.05, 0.1) is 23.1 Å². The molecule has 11 rings (SSSR count). The molecule has 1 aliphatic heterocycles. The number of furan rings is 1. The first-order chi connectivity index (χ1) is 26.0. The molecule has 2 unspecified atom stereocenters. The summed E-state index contributed by atoms with van der Waals surface area (Å²) < 4.78 is 6.35. The SMILES string of the molecule is CC1(C)c2ccccc2-c2c1ccc1c2N(c2ccc(-c3nc(-c4ccccc4)cc(C4C=Cc5c(oc6ccccc56)C4)n3)cc2)C2CC=CC=C12. The molecule has 0 bridgehead atoms. The van der Waals surface area contributed by atoms with Gasteiger partial charge < -0.3 is 9.32 Å². The Kier molecular flexibility index (Phi) is 6.52. The Morgan fingerprint density at radius 1 is 0.755 bits per heavy atom. The van der Waals surface area contributed by atoms with Gasteiger partial charge in [0.1, 0.15) is 11.3 Å². The molecule has 3 aliphatic carbocycles. The average molecular weight is 684 g/mol. The van der Waals surface area contributed by atoms with Crippen LogP contribution in [0.5, 0.6) is 0 Å². The summed E-state index contributed by atoms with van der Waals surface area (Å²) in [5, 5.41) is 1.16. The van der Waals surface area contributed by atoms with Crippen molar-refractivity contribution in [2.75, 3.05) is 4.90 Å². The van der Waals surface area contributed by atoms with Crippen LogP contribution in [0.15, 0.2) is 150 Å². The summed E-state index contributed by atoms with van der Waals surface area (Å²) in [5.74, 6) is 1.82. The molecular weight excluding hydrogens is 647 g/mol. The Labute approximate surface area is 309 Å². The van der Waals surface area contributed by atoms with Crippen molar-refractivity contribution in [2.45, 2.75) is 44.1 Å². The van der Waals surface area contributed by atoms with Crippen LogP contribution < -0.4 is 4.90 Å². The molecule has 0 radical (unpaired) electrons. The molecule has 0 amide bonds. The highest BCUT2D eigenvalue weighted by atomic mass is 16.3. The van der Waals surface area contributed by atoms with E-state index in [1.807, 2.05) is 18.2 Å². The topological polar surface area (TPSA) is 42.2 Å². The van der Waals surface area contributed by atoms with Crippen LogP contribution in [0.1, 0.15) is 59.9 Å². The van der Waals surface area contributed by atoms with Gasteiger partial charge in [-0.1, -0.05) is 129 Å². The Hall–Kier alpha value is -6.26. The summed E-state index contributed by atoms with van der Waals surface area (Å²) in [6.45, 7) is 4.73. The lowest BCUT2D eigenvalue weighted by Gasteiger charge is -2.30. The minimum absolute atomic E-state index is 0.0603. The number of benzene rings is 5. The zero-order valence-corrected chi connectivity index (χ0v) is 29.8. The lowest BCUT2D eigenvalue weighted by molar-refractivity contribution is 0.530. The molecule has 0 saturated carbocycles. The molecule has 0 N–H and O–H groups in total. The number of aromatic nitrogens is 2. The van der Waals surface area contributed by atoms with Crippen molar-refractivity contribution >= 4 is 34.0 Å². The monoisotopic (exact) mass is 683 g/mol. The molecule has 2 aromatic heterocycles. The molecule has 0 saturated heterocycles. The van der Waals surface area contributed by atoms with E-state index in [0.29, 0.717) is 0 Å². The quantitative estimate of drug-likeness (QED) is 0.185. The predicted molar refractivity (Wildman–Crippen MR) is 216 cm³/mol. The number of para-hydroxylation sites is 1. The fourth-order valence-electron chi connectivity index (χ4n) is 9.30. The van der Waals surface area contributed by atoms with Gasteiger partial charge >= 0.3 is 0 Å². The Balaban J connectivity index is 1.01. The number of fused-ring (bicyclic) bond motifs is 10. The van der Waals surface area contributed by atoms with Crippen molar-refractivity contribution in [3.05, 3.63) is 179 Å². The molecule has 5 aromatic carbocycles. The Morgan fingerprint density at radius 3 is 2.45 bits per heavy atom. The van der Waals surface area contributed by atoms with E-state index in [0.717, 1.165) is 57.9 Å². The van der Waals surface area contributed by atoms with Crippen LogP contribution in [0.3, 0.4) is 0 Å². The normalized spacial score (nSPS) is 18.7. The molecule has 4 heteroatoms. The average Bonchev–Trinajstić information content (AvgIpc) is 3.83. The van der Waals surface area contributed by atoms with E-state index in [1.165, 1.54) is 50.3 Å². The lowest BCUT2D eigenvalue weighted by atomic mass is 9.82. The summed E-state index contributed by atoms with van der Waals surface area (Å²) >= 11 is 0. The molecule has 3 heterocycles. The highest BCUT2D eigenvalue weighted by molar-refractivity contribution is 6.04. The van der Waals surface area contributed by atoms with Gasteiger partial charge in [-0.25, -0.2) is 9.97 Å². The van der Waals surface area contributed by atoms with Crippen LogP contribution in [0.25, 0.3) is 56.4 Å². The van der Waals surface area contributed by atoms with Gasteiger partial charge in [0.25, 0.3) is 0 Å². The summed E-state index contributed by atoms with van der Waals surface area (Å²) in [4.78, 5) is 13.0. The zero-order chi connectivity index (χ0) is 35.3. The molecule has 4 nitrogen and oxygen atoms in total. The predicted octanol–water partition coefficient (Wildman–Crippen LogP) is 12.1. The highest BCUT2D eigenvalue weighted by Crippen LogP contribution is 2.59. The van der Waals surface area contributed by atoms with Crippen molar-refractivity contribution in [2.24, 2.45) is 0 Å². The standard InChI is InChI=1S/C49H37N3O/c1-49(2)39-17-9-6-16-38(39)46-40(49)27-26-37-34-14-7-10-18-43(34)52(47(37)46)33-23-20-31(21-24-33)48-50-41(30-12-4-3-5-13-30)29-42(51-48)32-22-25-36-35-15-8-11-19-44(35)53-45(36)28-32/h3-17,19-27,29,32,43H,18,28H2,1-2H3. The molecule has 254 valence electrons. The minimum Gasteiger partial charge on any atom is -0.460 e. The molecular formula is C49H37N3O. The summed E-state index contributed by atoms with van der Waals surface area (Å²) in [5.41, 5.74) is 16.8. The fraction of sp³-hybridized carbons (Fsp3) is 0.143. The second-order valence-electron chi connectivity index (χ2n) is 15.2. The number of rotatable bonds is 4. The van der Waals surface area contributed by atoms with E-state index < -0.39 is 0 Å². The lowest BCUT2D eigenvalue weighted by Crippen LogP contribution is -2.27. The molecule has 2 atom stereocenters. The number of hydrogen-bond donors (Lipinski definition) is 0. The third-order valence-corrected chi connectivity index (χ3v) is 11.9. The Bertz CT molecular complexity index is 2710. The van der Waals surface area contributed by atoms with Gasteiger partial charge in [-0.2, -0.15) is 0 Å². The van der Waals surface area contributed by atoms with Gasteiger partial charge in [0.2, 0.25) is 0 Å². The van der Waals surface area contributed by atoms with Gasteiger partial charge in [-0.05, 0) is 65.1 Å². The van der Waals surface area contributed by atoms with Crippen molar-refractivity contribution in [1.82, 2.24) is 9.97 Å². The minimum atomic E-state index is -0.0603. The van der Waals surface area contributed by atoms with Crippen LogP contribution >= 0.6 is 0 Å².